The van der Waals surface area contributed by atoms with Crippen LogP contribution < -0.4 is 5.32 Å². The second kappa shape index (κ2) is 5.59. The molecule has 1 aromatic rings. The van der Waals surface area contributed by atoms with Crippen LogP contribution in [0.3, 0.4) is 0 Å². The normalized spacial score (nSPS) is 36.3. The molecule has 5 atom stereocenters. The van der Waals surface area contributed by atoms with Gasteiger partial charge < -0.3 is 30.5 Å². The first-order valence-electron chi connectivity index (χ1n) is 5.61. The van der Waals surface area contributed by atoms with Gasteiger partial charge in [0.15, 0.2) is 6.29 Å². The number of ether oxygens (including phenoxy) is 1. The predicted molar refractivity (Wildman–Crippen MR) is 61.6 cm³/mol. The lowest BCUT2D eigenvalue weighted by atomic mass is 9.99. The Balaban J connectivity index is 1.93. The zero-order valence-corrected chi connectivity index (χ0v) is 9.55. The maximum atomic E-state index is 9.71. The summed E-state index contributed by atoms with van der Waals surface area (Å²) < 4.78 is 5.02. The lowest BCUT2D eigenvalue weighted by Gasteiger charge is -2.38. The molecule has 0 spiro atoms. The van der Waals surface area contributed by atoms with Gasteiger partial charge in [-0.2, -0.15) is 0 Å². The Hall–Kier alpha value is -1.25. The van der Waals surface area contributed by atoms with E-state index in [1.807, 2.05) is 0 Å². The van der Waals surface area contributed by atoms with E-state index in [2.05, 4.69) is 10.3 Å². The van der Waals surface area contributed by atoms with Gasteiger partial charge in [0.25, 0.3) is 0 Å². The number of pyridine rings is 1. The molecule has 1 aliphatic rings. The summed E-state index contributed by atoms with van der Waals surface area (Å²) in [4.78, 5) is 3.86. The summed E-state index contributed by atoms with van der Waals surface area (Å²) in [5, 5.41) is 40.8. The highest BCUT2D eigenvalue weighted by molar-refractivity contribution is 5.40. The van der Waals surface area contributed by atoms with Gasteiger partial charge in [-0.3, -0.25) is 4.98 Å². The van der Waals surface area contributed by atoms with Gasteiger partial charge in [0, 0.05) is 24.6 Å². The van der Waals surface area contributed by atoms with Crippen molar-refractivity contribution in [2.45, 2.75) is 30.7 Å². The molecule has 0 radical (unpaired) electrons. The first-order valence-corrected chi connectivity index (χ1v) is 5.61. The van der Waals surface area contributed by atoms with E-state index in [-0.39, 0.29) is 6.54 Å². The van der Waals surface area contributed by atoms with Crippen LogP contribution in [0.1, 0.15) is 0 Å². The van der Waals surface area contributed by atoms with Crippen LogP contribution in [-0.2, 0) is 4.74 Å². The highest BCUT2D eigenvalue weighted by Crippen LogP contribution is 2.20. The molecule has 5 N–H and O–H groups in total. The van der Waals surface area contributed by atoms with Gasteiger partial charge in [-0.15, -0.1) is 0 Å². The third kappa shape index (κ3) is 2.77. The average molecular weight is 256 g/mol. The van der Waals surface area contributed by atoms with Crippen LogP contribution in [-0.4, -0.2) is 62.7 Å². The molecule has 0 aromatic carbocycles. The minimum Gasteiger partial charge on any atom is -0.388 e. The van der Waals surface area contributed by atoms with Gasteiger partial charge in [-0.25, -0.2) is 0 Å². The second-order valence-corrected chi connectivity index (χ2v) is 4.15. The summed E-state index contributed by atoms with van der Waals surface area (Å²) in [7, 11) is 0. The zero-order chi connectivity index (χ0) is 13.1. The van der Waals surface area contributed by atoms with Crippen molar-refractivity contribution in [3.8, 4) is 0 Å². The predicted octanol–water partition coefficient (Wildman–Crippen LogP) is -1.71. The van der Waals surface area contributed by atoms with Crippen molar-refractivity contribution >= 4 is 5.69 Å². The molecule has 0 aliphatic carbocycles. The Kier molecular flexibility index (Phi) is 4.10. The fourth-order valence-electron chi connectivity index (χ4n) is 1.79. The molecule has 1 saturated heterocycles. The van der Waals surface area contributed by atoms with Crippen molar-refractivity contribution in [3.05, 3.63) is 24.5 Å². The van der Waals surface area contributed by atoms with E-state index < -0.39 is 30.7 Å². The Morgan fingerprint density at radius 1 is 1.06 bits per heavy atom. The van der Waals surface area contributed by atoms with E-state index in [4.69, 9.17) is 4.74 Å². The molecule has 1 aliphatic heterocycles. The number of aliphatic hydroxyl groups is 4. The van der Waals surface area contributed by atoms with Crippen LogP contribution in [0.15, 0.2) is 24.5 Å². The molecule has 1 fully saturated rings. The quantitative estimate of drug-likeness (QED) is 0.437. The summed E-state index contributed by atoms with van der Waals surface area (Å²) >= 11 is 0. The molecule has 1 aromatic heterocycles. The van der Waals surface area contributed by atoms with E-state index in [0.717, 1.165) is 5.69 Å². The third-order valence-corrected chi connectivity index (χ3v) is 2.87. The summed E-state index contributed by atoms with van der Waals surface area (Å²) in [6.07, 6.45) is -3.31. The molecule has 0 saturated carbocycles. The van der Waals surface area contributed by atoms with Crippen molar-refractivity contribution in [2.24, 2.45) is 0 Å². The van der Waals surface area contributed by atoms with Gasteiger partial charge in [0.05, 0.1) is 0 Å². The number of hydrogen-bond donors (Lipinski definition) is 5. The number of aliphatic hydroxyl groups excluding tert-OH is 4. The van der Waals surface area contributed by atoms with Gasteiger partial charge in [0.1, 0.15) is 24.4 Å². The van der Waals surface area contributed by atoms with Gasteiger partial charge in [-0.1, -0.05) is 0 Å². The Morgan fingerprint density at radius 2 is 1.72 bits per heavy atom. The topological polar surface area (TPSA) is 115 Å². The second-order valence-electron chi connectivity index (χ2n) is 4.15. The first-order chi connectivity index (χ1) is 8.59. The number of nitrogens with zero attached hydrogens (tertiary/aromatic N) is 1. The molecule has 0 amide bonds. The molecule has 2 heterocycles. The largest absolute Gasteiger partial charge is 0.388 e. The van der Waals surface area contributed by atoms with Crippen LogP contribution in [0.25, 0.3) is 0 Å². The molecule has 18 heavy (non-hydrogen) atoms. The molecule has 2 rings (SSSR count). The Labute approximate surface area is 104 Å². The van der Waals surface area contributed by atoms with E-state index in [9.17, 15) is 20.4 Å². The van der Waals surface area contributed by atoms with Crippen LogP contribution in [0.4, 0.5) is 5.69 Å². The van der Waals surface area contributed by atoms with E-state index in [1.165, 1.54) is 0 Å². The smallest absolute Gasteiger partial charge is 0.184 e. The van der Waals surface area contributed by atoms with Gasteiger partial charge >= 0.3 is 0 Å². The van der Waals surface area contributed by atoms with E-state index >= 15 is 0 Å². The van der Waals surface area contributed by atoms with Gasteiger partial charge in [0.2, 0.25) is 0 Å². The third-order valence-electron chi connectivity index (χ3n) is 2.87. The molecule has 0 unspecified atom stereocenters. The lowest BCUT2D eigenvalue weighted by molar-refractivity contribution is -0.278. The fraction of sp³-hybridized carbons (Fsp3) is 0.545. The van der Waals surface area contributed by atoms with E-state index in [1.54, 1.807) is 24.5 Å². The average Bonchev–Trinajstić information content (AvgIpc) is 2.40. The molecule has 7 heteroatoms. The van der Waals surface area contributed by atoms with Gasteiger partial charge in [-0.05, 0) is 12.1 Å². The minimum atomic E-state index is -1.51. The van der Waals surface area contributed by atoms with Crippen molar-refractivity contribution in [1.82, 2.24) is 4.98 Å². The summed E-state index contributed by atoms with van der Waals surface area (Å²) in [6.45, 7) is 0.187. The van der Waals surface area contributed by atoms with Crippen LogP contribution in [0.2, 0.25) is 0 Å². The summed E-state index contributed by atoms with van der Waals surface area (Å²) in [6, 6.07) is 3.47. The monoisotopic (exact) mass is 256 g/mol. The number of aromatic nitrogens is 1. The summed E-state index contributed by atoms with van der Waals surface area (Å²) in [5.41, 5.74) is 0.774. The number of nitrogens with one attached hydrogen (secondary N) is 1. The van der Waals surface area contributed by atoms with Crippen LogP contribution in [0.5, 0.6) is 0 Å². The number of hydrogen-bond acceptors (Lipinski definition) is 7. The first kappa shape index (κ1) is 13.2. The maximum absolute atomic E-state index is 9.71. The highest BCUT2D eigenvalue weighted by atomic mass is 16.6. The summed E-state index contributed by atoms with van der Waals surface area (Å²) in [5.74, 6) is 0. The van der Waals surface area contributed by atoms with Crippen LogP contribution >= 0.6 is 0 Å². The van der Waals surface area contributed by atoms with Crippen molar-refractivity contribution in [2.75, 3.05) is 11.9 Å². The zero-order valence-electron chi connectivity index (χ0n) is 9.55. The standard InChI is InChI=1S/C11H16N2O5/c14-8-7(18-11(17)10(16)9(8)15)5-13-6-1-3-12-4-2-6/h1-4,7-11,14-17H,5H2,(H,12,13)/t7-,8-,9+,10-,11-/m1/s1. The Bertz CT molecular complexity index is 377. The molecular formula is C11H16N2O5. The minimum absolute atomic E-state index is 0.187. The Morgan fingerprint density at radius 3 is 2.39 bits per heavy atom. The van der Waals surface area contributed by atoms with E-state index in [0.29, 0.717) is 0 Å². The number of anilines is 1. The lowest BCUT2D eigenvalue weighted by Crippen LogP contribution is -2.59. The molecular weight excluding hydrogens is 240 g/mol. The highest BCUT2D eigenvalue weighted by Gasteiger charge is 2.42. The molecule has 0 bridgehead atoms. The van der Waals surface area contributed by atoms with Crippen molar-refractivity contribution < 1.29 is 25.2 Å². The maximum Gasteiger partial charge on any atom is 0.184 e. The van der Waals surface area contributed by atoms with Crippen molar-refractivity contribution in [3.63, 3.8) is 0 Å². The molecule has 100 valence electrons. The van der Waals surface area contributed by atoms with Crippen LogP contribution in [0, 0.1) is 0 Å². The molecule has 7 nitrogen and oxygen atoms in total. The fourth-order valence-corrected chi connectivity index (χ4v) is 1.79. The number of rotatable bonds is 3. The SMILES string of the molecule is O[C@@H]1[C@@H](O)[C@H](O)O[C@H](CNc2ccncc2)[C@H]1O. The van der Waals surface area contributed by atoms with Crippen molar-refractivity contribution in [1.29, 1.82) is 0 Å².